The third-order valence-corrected chi connectivity index (χ3v) is 2.72. The predicted octanol–water partition coefficient (Wildman–Crippen LogP) is 0.981. The minimum absolute atomic E-state index is 0.173. The molecule has 0 aromatic carbocycles. The van der Waals surface area contributed by atoms with Gasteiger partial charge in [-0.15, -0.1) is 10.2 Å². The molecule has 1 heterocycles. The van der Waals surface area contributed by atoms with E-state index in [0.29, 0.717) is 12.2 Å². The molecule has 20 heavy (non-hydrogen) atoms. The number of carbonyl (C=O) groups is 2. The average Bonchev–Trinajstić information content (AvgIpc) is 2.50. The molecule has 1 aromatic heterocycles. The molecule has 0 aliphatic rings. The first-order valence-electron chi connectivity index (χ1n) is 6.54. The molecule has 7 nitrogen and oxygen atoms in total. The van der Waals surface area contributed by atoms with Crippen LogP contribution in [0.1, 0.15) is 36.2 Å². The molecular weight excluding hydrogens is 260 g/mol. The number of nitrogens with one attached hydrogen (secondary N) is 2. The van der Waals surface area contributed by atoms with Crippen LogP contribution >= 0.6 is 0 Å². The van der Waals surface area contributed by atoms with Gasteiger partial charge in [-0.3, -0.25) is 9.59 Å². The Morgan fingerprint density at radius 3 is 2.60 bits per heavy atom. The van der Waals surface area contributed by atoms with Gasteiger partial charge in [0.25, 0.3) is 5.91 Å². The fourth-order valence-corrected chi connectivity index (χ4v) is 1.57. The second kappa shape index (κ2) is 8.84. The highest BCUT2D eigenvalue weighted by molar-refractivity contribution is 5.91. The summed E-state index contributed by atoms with van der Waals surface area (Å²) < 4.78 is 4.56. The van der Waals surface area contributed by atoms with E-state index in [1.54, 1.807) is 19.2 Å². The number of ether oxygens (including phenoxy) is 1. The summed E-state index contributed by atoms with van der Waals surface area (Å²) in [6, 6.07) is 3.33. The van der Waals surface area contributed by atoms with Gasteiger partial charge < -0.3 is 15.4 Å². The highest BCUT2D eigenvalue weighted by atomic mass is 16.5. The lowest BCUT2D eigenvalue weighted by Gasteiger charge is -2.05. The van der Waals surface area contributed by atoms with Gasteiger partial charge >= 0.3 is 5.97 Å². The Balaban J connectivity index is 2.19. The molecule has 1 aromatic rings. The zero-order valence-electron chi connectivity index (χ0n) is 11.8. The normalized spacial score (nSPS) is 9.90. The summed E-state index contributed by atoms with van der Waals surface area (Å²) in [4.78, 5) is 22.2. The molecule has 0 saturated heterocycles. The van der Waals surface area contributed by atoms with Crippen molar-refractivity contribution in [3.8, 4) is 0 Å². The van der Waals surface area contributed by atoms with Crippen LogP contribution in [0.3, 0.4) is 0 Å². The van der Waals surface area contributed by atoms with Crippen LogP contribution in [-0.2, 0) is 9.53 Å². The van der Waals surface area contributed by atoms with E-state index in [4.69, 9.17) is 0 Å². The molecule has 1 rings (SSSR count). The van der Waals surface area contributed by atoms with Crippen LogP contribution in [0.2, 0.25) is 0 Å². The van der Waals surface area contributed by atoms with E-state index in [2.05, 4.69) is 25.6 Å². The number of amides is 1. The number of nitrogens with zero attached hydrogens (tertiary/aromatic N) is 2. The summed E-state index contributed by atoms with van der Waals surface area (Å²) in [5.74, 6) is 0.200. The van der Waals surface area contributed by atoms with Crippen LogP contribution in [0.4, 0.5) is 5.82 Å². The number of esters is 1. The maximum atomic E-state index is 11.3. The van der Waals surface area contributed by atoms with Crippen molar-refractivity contribution in [2.24, 2.45) is 0 Å². The Hall–Kier alpha value is -2.18. The van der Waals surface area contributed by atoms with Crippen LogP contribution in [0.15, 0.2) is 12.1 Å². The van der Waals surface area contributed by atoms with Gasteiger partial charge in [0.1, 0.15) is 5.82 Å². The van der Waals surface area contributed by atoms with E-state index in [9.17, 15) is 9.59 Å². The van der Waals surface area contributed by atoms with Gasteiger partial charge in [0.2, 0.25) is 0 Å². The fraction of sp³-hybridized carbons (Fsp3) is 0.538. The fourth-order valence-electron chi connectivity index (χ4n) is 1.57. The van der Waals surface area contributed by atoms with Gasteiger partial charge in [0.05, 0.1) is 7.11 Å². The van der Waals surface area contributed by atoms with E-state index >= 15 is 0 Å². The van der Waals surface area contributed by atoms with E-state index < -0.39 is 0 Å². The number of hydrogen-bond donors (Lipinski definition) is 2. The molecule has 0 aliphatic carbocycles. The first kappa shape index (κ1) is 15.9. The zero-order valence-corrected chi connectivity index (χ0v) is 11.8. The number of hydrogen-bond acceptors (Lipinski definition) is 6. The minimum Gasteiger partial charge on any atom is -0.469 e. The molecule has 0 unspecified atom stereocenters. The lowest BCUT2D eigenvalue weighted by Crippen LogP contribution is -2.19. The predicted molar refractivity (Wildman–Crippen MR) is 74.4 cm³/mol. The molecule has 0 aliphatic heterocycles. The van der Waals surface area contributed by atoms with Gasteiger partial charge in [-0.05, 0) is 25.0 Å². The van der Waals surface area contributed by atoms with Gasteiger partial charge in [-0.2, -0.15) is 0 Å². The van der Waals surface area contributed by atoms with E-state index in [-0.39, 0.29) is 17.6 Å². The molecule has 1 amide bonds. The molecule has 0 atom stereocenters. The minimum atomic E-state index is -0.258. The molecule has 0 fully saturated rings. The summed E-state index contributed by atoms with van der Waals surface area (Å²) in [6.45, 7) is 0.745. The third-order valence-electron chi connectivity index (χ3n) is 2.72. The van der Waals surface area contributed by atoms with Crippen molar-refractivity contribution in [1.29, 1.82) is 0 Å². The van der Waals surface area contributed by atoms with Crippen LogP contribution in [0.25, 0.3) is 0 Å². The first-order chi connectivity index (χ1) is 9.67. The SMILES string of the molecule is CNC(=O)c1ccc(NCCCCCC(=O)OC)nn1. The number of anilines is 1. The Bertz CT molecular complexity index is 434. The average molecular weight is 280 g/mol. The van der Waals surface area contributed by atoms with Crippen molar-refractivity contribution in [2.45, 2.75) is 25.7 Å². The molecular formula is C13H20N4O3. The second-order valence-corrected chi connectivity index (χ2v) is 4.20. The van der Waals surface area contributed by atoms with E-state index in [0.717, 1.165) is 25.8 Å². The lowest BCUT2D eigenvalue weighted by molar-refractivity contribution is -0.140. The summed E-state index contributed by atoms with van der Waals surface area (Å²) in [7, 11) is 2.94. The summed E-state index contributed by atoms with van der Waals surface area (Å²) >= 11 is 0. The molecule has 0 saturated carbocycles. The maximum Gasteiger partial charge on any atom is 0.305 e. The maximum absolute atomic E-state index is 11.3. The van der Waals surface area contributed by atoms with Gasteiger partial charge in [0.15, 0.2) is 5.69 Å². The number of carbonyl (C=O) groups excluding carboxylic acids is 2. The summed E-state index contributed by atoms with van der Waals surface area (Å²) in [5.41, 5.74) is 0.288. The molecule has 110 valence electrons. The number of rotatable bonds is 8. The van der Waals surface area contributed by atoms with Crippen molar-refractivity contribution in [1.82, 2.24) is 15.5 Å². The summed E-state index contributed by atoms with van der Waals surface area (Å²) in [5, 5.41) is 13.3. The largest absolute Gasteiger partial charge is 0.469 e. The van der Waals surface area contributed by atoms with Crippen molar-refractivity contribution in [3.63, 3.8) is 0 Å². The summed E-state index contributed by atoms with van der Waals surface area (Å²) in [6.07, 6.45) is 3.13. The quantitative estimate of drug-likeness (QED) is 0.544. The van der Waals surface area contributed by atoms with Crippen molar-refractivity contribution < 1.29 is 14.3 Å². The van der Waals surface area contributed by atoms with E-state index in [1.807, 2.05) is 0 Å². The Kier molecular flexibility index (Phi) is 7.02. The van der Waals surface area contributed by atoms with Crippen LogP contribution in [-0.4, -0.2) is 42.8 Å². The van der Waals surface area contributed by atoms with Crippen molar-refractivity contribution in [3.05, 3.63) is 17.8 Å². The van der Waals surface area contributed by atoms with E-state index in [1.165, 1.54) is 7.11 Å². The third kappa shape index (κ3) is 5.64. The topological polar surface area (TPSA) is 93.2 Å². The van der Waals surface area contributed by atoms with Crippen LogP contribution < -0.4 is 10.6 Å². The molecule has 0 radical (unpaired) electrons. The monoisotopic (exact) mass is 280 g/mol. The molecule has 0 spiro atoms. The Morgan fingerprint density at radius 2 is 2.00 bits per heavy atom. The zero-order chi connectivity index (χ0) is 14.8. The number of methoxy groups -OCH3 is 1. The Labute approximate surface area is 118 Å². The van der Waals surface area contributed by atoms with Gasteiger partial charge in [-0.25, -0.2) is 0 Å². The number of aromatic nitrogens is 2. The van der Waals surface area contributed by atoms with Crippen LogP contribution in [0.5, 0.6) is 0 Å². The van der Waals surface area contributed by atoms with Crippen molar-refractivity contribution in [2.75, 3.05) is 26.0 Å². The lowest BCUT2D eigenvalue weighted by atomic mass is 10.2. The highest BCUT2D eigenvalue weighted by Crippen LogP contribution is 2.04. The Morgan fingerprint density at radius 1 is 1.20 bits per heavy atom. The number of unbranched alkanes of at least 4 members (excludes halogenated alkanes) is 2. The second-order valence-electron chi connectivity index (χ2n) is 4.20. The highest BCUT2D eigenvalue weighted by Gasteiger charge is 2.05. The first-order valence-corrected chi connectivity index (χ1v) is 6.54. The molecule has 7 heteroatoms. The molecule has 2 N–H and O–H groups in total. The van der Waals surface area contributed by atoms with Crippen molar-refractivity contribution >= 4 is 17.7 Å². The standard InChI is InChI=1S/C13H20N4O3/c1-14-13(19)10-7-8-11(17-16-10)15-9-5-3-4-6-12(18)20-2/h7-8H,3-6,9H2,1-2H3,(H,14,19)(H,15,17). The molecule has 0 bridgehead atoms. The smallest absolute Gasteiger partial charge is 0.305 e. The van der Waals surface area contributed by atoms with Gasteiger partial charge in [-0.1, -0.05) is 6.42 Å². The van der Waals surface area contributed by atoms with Crippen LogP contribution in [0, 0.1) is 0 Å². The van der Waals surface area contributed by atoms with Gasteiger partial charge in [0, 0.05) is 20.0 Å².